The van der Waals surface area contributed by atoms with Gasteiger partial charge in [-0.2, -0.15) is 0 Å². The minimum Gasteiger partial charge on any atom is -0.387 e. The molecule has 1 atom stereocenters. The minimum absolute atomic E-state index is 0.549. The Morgan fingerprint density at radius 2 is 1.76 bits per heavy atom. The molecule has 0 aromatic heterocycles. The van der Waals surface area contributed by atoms with Gasteiger partial charge >= 0.3 is 0 Å². The van der Waals surface area contributed by atoms with Crippen molar-refractivity contribution in [1.82, 2.24) is 0 Å². The fourth-order valence-corrected chi connectivity index (χ4v) is 2.78. The molecule has 1 fully saturated rings. The second kappa shape index (κ2) is 7.22. The summed E-state index contributed by atoms with van der Waals surface area (Å²) in [6, 6.07) is 7.99. The van der Waals surface area contributed by atoms with Crippen molar-refractivity contribution in [3.8, 4) is 0 Å². The average Bonchev–Trinajstić information content (AvgIpc) is 2.57. The van der Waals surface area contributed by atoms with E-state index in [0.717, 1.165) is 37.6 Å². The minimum atomic E-state index is -1.11. The van der Waals surface area contributed by atoms with Gasteiger partial charge in [0, 0.05) is 38.6 Å². The van der Waals surface area contributed by atoms with Crippen LogP contribution in [0.25, 0.3) is 0 Å². The molecule has 5 heteroatoms. The Morgan fingerprint density at radius 3 is 2.24 bits per heavy atom. The number of hydrogen-bond donors (Lipinski definition) is 1. The summed E-state index contributed by atoms with van der Waals surface area (Å²) in [5, 5.41) is 10.3. The summed E-state index contributed by atoms with van der Waals surface area (Å²) < 4.78 is 16.4. The number of hydrogen-bond acceptors (Lipinski definition) is 5. The van der Waals surface area contributed by atoms with Crippen molar-refractivity contribution >= 4 is 5.69 Å². The summed E-state index contributed by atoms with van der Waals surface area (Å²) >= 11 is 0. The summed E-state index contributed by atoms with van der Waals surface area (Å²) in [4.78, 5) is 2.28. The van der Waals surface area contributed by atoms with Crippen molar-refractivity contribution in [1.29, 1.82) is 0 Å². The van der Waals surface area contributed by atoms with Crippen LogP contribution in [0.5, 0.6) is 0 Å². The molecule has 1 N–H and O–H groups in total. The van der Waals surface area contributed by atoms with Gasteiger partial charge in [0.25, 0.3) is 0 Å². The zero-order chi connectivity index (χ0) is 15.3. The van der Waals surface area contributed by atoms with Crippen LogP contribution in [-0.4, -0.2) is 51.7 Å². The maximum absolute atomic E-state index is 10.3. The maximum Gasteiger partial charge on any atom is 0.221 e. The number of nitrogens with zero attached hydrogens (tertiary/aromatic N) is 1. The van der Waals surface area contributed by atoms with E-state index in [2.05, 4.69) is 4.90 Å². The fourth-order valence-electron chi connectivity index (χ4n) is 2.78. The number of anilines is 1. The summed E-state index contributed by atoms with van der Waals surface area (Å²) in [6.45, 7) is 5.22. The molecule has 1 saturated heterocycles. The molecular weight excluding hydrogens is 270 g/mol. The van der Waals surface area contributed by atoms with Crippen LogP contribution in [0, 0.1) is 0 Å². The second-order valence-corrected chi connectivity index (χ2v) is 5.15. The van der Waals surface area contributed by atoms with E-state index in [1.54, 1.807) is 14.2 Å². The van der Waals surface area contributed by atoms with E-state index in [1.165, 1.54) is 0 Å². The number of morpholine rings is 1. The van der Waals surface area contributed by atoms with Gasteiger partial charge in [0.15, 0.2) is 0 Å². The van der Waals surface area contributed by atoms with E-state index < -0.39 is 11.9 Å². The number of rotatable bonds is 6. The lowest BCUT2D eigenvalue weighted by atomic mass is 9.97. The van der Waals surface area contributed by atoms with Crippen molar-refractivity contribution < 1.29 is 19.3 Å². The van der Waals surface area contributed by atoms with Gasteiger partial charge in [-0.15, -0.1) is 0 Å². The first kappa shape index (κ1) is 16.2. The Hall–Kier alpha value is -1.14. The molecule has 1 aromatic carbocycles. The van der Waals surface area contributed by atoms with Crippen molar-refractivity contribution in [2.24, 2.45) is 0 Å². The van der Waals surface area contributed by atoms with Crippen LogP contribution in [0.4, 0.5) is 5.69 Å². The molecule has 0 radical (unpaired) electrons. The highest BCUT2D eigenvalue weighted by molar-refractivity contribution is 5.48. The van der Waals surface area contributed by atoms with Crippen molar-refractivity contribution in [3.05, 3.63) is 29.8 Å². The first-order valence-corrected chi connectivity index (χ1v) is 7.39. The highest BCUT2D eigenvalue weighted by Gasteiger charge is 2.39. The molecule has 1 heterocycles. The van der Waals surface area contributed by atoms with Crippen LogP contribution in [0.15, 0.2) is 24.3 Å². The third-order valence-electron chi connectivity index (χ3n) is 4.08. The first-order valence-electron chi connectivity index (χ1n) is 7.39. The molecule has 21 heavy (non-hydrogen) atoms. The number of aliphatic hydroxyl groups excluding tert-OH is 1. The van der Waals surface area contributed by atoms with Gasteiger partial charge in [-0.1, -0.05) is 19.1 Å². The van der Waals surface area contributed by atoms with E-state index in [9.17, 15) is 5.11 Å². The van der Waals surface area contributed by atoms with E-state index in [4.69, 9.17) is 14.2 Å². The molecule has 1 aliphatic heterocycles. The third-order valence-corrected chi connectivity index (χ3v) is 4.08. The fraction of sp³-hybridized carbons (Fsp3) is 0.625. The van der Waals surface area contributed by atoms with Gasteiger partial charge in [-0.25, -0.2) is 0 Å². The van der Waals surface area contributed by atoms with E-state index in [-0.39, 0.29) is 0 Å². The molecule has 118 valence electrons. The SMILES string of the molecule is CCC(O)C(OC)(OC)c1ccc(N2CCOCC2)cc1. The molecule has 0 amide bonds. The quantitative estimate of drug-likeness (QED) is 0.810. The molecule has 1 aromatic rings. The van der Waals surface area contributed by atoms with Gasteiger partial charge in [0.05, 0.1) is 13.2 Å². The summed E-state index contributed by atoms with van der Waals surface area (Å²) in [6.07, 6.45) is -0.172. The smallest absolute Gasteiger partial charge is 0.221 e. The summed E-state index contributed by atoms with van der Waals surface area (Å²) in [7, 11) is 3.11. The number of aliphatic hydroxyl groups is 1. The summed E-state index contributed by atoms with van der Waals surface area (Å²) in [5.74, 6) is -1.11. The predicted molar refractivity (Wildman–Crippen MR) is 81.5 cm³/mol. The molecule has 0 aliphatic carbocycles. The lowest BCUT2D eigenvalue weighted by molar-refractivity contribution is -0.269. The van der Waals surface area contributed by atoms with Crippen LogP contribution in [-0.2, 0) is 20.0 Å². The van der Waals surface area contributed by atoms with Gasteiger partial charge in [0.2, 0.25) is 5.79 Å². The molecule has 0 spiro atoms. The molecule has 5 nitrogen and oxygen atoms in total. The zero-order valence-electron chi connectivity index (χ0n) is 13.0. The standard InChI is InChI=1S/C16H25NO4/c1-4-15(18)16(19-2,20-3)13-5-7-14(8-6-13)17-9-11-21-12-10-17/h5-8,15,18H,4,9-12H2,1-3H3. The Labute approximate surface area is 126 Å². The van der Waals surface area contributed by atoms with Crippen LogP contribution in [0.3, 0.4) is 0 Å². The Bertz CT molecular complexity index is 424. The normalized spacial score (nSPS) is 17.8. The lowest BCUT2D eigenvalue weighted by Crippen LogP contribution is -2.43. The number of benzene rings is 1. The largest absolute Gasteiger partial charge is 0.387 e. The van der Waals surface area contributed by atoms with Crippen LogP contribution in [0.2, 0.25) is 0 Å². The van der Waals surface area contributed by atoms with E-state index in [0.29, 0.717) is 6.42 Å². The van der Waals surface area contributed by atoms with Crippen molar-refractivity contribution in [3.63, 3.8) is 0 Å². The van der Waals surface area contributed by atoms with Gasteiger partial charge in [-0.05, 0) is 18.6 Å². The Balaban J connectivity index is 2.23. The molecule has 1 unspecified atom stereocenters. The third kappa shape index (κ3) is 3.21. The second-order valence-electron chi connectivity index (χ2n) is 5.15. The molecule has 1 aliphatic rings. The Morgan fingerprint density at radius 1 is 1.19 bits per heavy atom. The molecule has 0 saturated carbocycles. The van der Waals surface area contributed by atoms with E-state index in [1.807, 2.05) is 31.2 Å². The monoisotopic (exact) mass is 295 g/mol. The first-order chi connectivity index (χ1) is 10.2. The van der Waals surface area contributed by atoms with Crippen LogP contribution in [0.1, 0.15) is 18.9 Å². The van der Waals surface area contributed by atoms with Gasteiger partial charge in [0.1, 0.15) is 6.10 Å². The van der Waals surface area contributed by atoms with Gasteiger partial charge < -0.3 is 24.2 Å². The van der Waals surface area contributed by atoms with Crippen molar-refractivity contribution in [2.45, 2.75) is 25.2 Å². The average molecular weight is 295 g/mol. The highest BCUT2D eigenvalue weighted by atomic mass is 16.7. The van der Waals surface area contributed by atoms with Crippen molar-refractivity contribution in [2.75, 3.05) is 45.4 Å². The molecular formula is C16H25NO4. The topological polar surface area (TPSA) is 51.2 Å². The van der Waals surface area contributed by atoms with Gasteiger partial charge in [-0.3, -0.25) is 0 Å². The molecule has 0 bridgehead atoms. The summed E-state index contributed by atoms with van der Waals surface area (Å²) in [5.41, 5.74) is 1.97. The number of methoxy groups -OCH3 is 2. The maximum atomic E-state index is 10.3. The van der Waals surface area contributed by atoms with Crippen LogP contribution < -0.4 is 4.90 Å². The zero-order valence-corrected chi connectivity index (χ0v) is 13.0. The number of ether oxygens (including phenoxy) is 3. The highest BCUT2D eigenvalue weighted by Crippen LogP contribution is 2.32. The van der Waals surface area contributed by atoms with Crippen LogP contribution >= 0.6 is 0 Å². The molecule has 2 rings (SSSR count). The Kier molecular flexibility index (Phi) is 5.58. The van der Waals surface area contributed by atoms with E-state index >= 15 is 0 Å². The lowest BCUT2D eigenvalue weighted by Gasteiger charge is -2.36. The predicted octanol–water partition coefficient (Wildman–Crippen LogP) is 1.74.